The maximum Gasteiger partial charge on any atom is 0.203 e. The molecule has 0 amide bonds. The SMILES string of the molecule is CCCCC(CC)C(=O)c1ccno1. The third kappa shape index (κ3) is 2.69. The molecule has 0 saturated heterocycles. The molecule has 1 atom stereocenters. The van der Waals surface area contributed by atoms with Crippen molar-refractivity contribution in [3.05, 3.63) is 18.0 Å². The molecule has 0 aromatic carbocycles. The van der Waals surface area contributed by atoms with Crippen molar-refractivity contribution in [1.82, 2.24) is 5.16 Å². The van der Waals surface area contributed by atoms with E-state index in [-0.39, 0.29) is 11.7 Å². The zero-order chi connectivity index (χ0) is 10.4. The van der Waals surface area contributed by atoms with Gasteiger partial charge in [0.25, 0.3) is 0 Å². The number of hydrogen-bond donors (Lipinski definition) is 0. The highest BCUT2D eigenvalue weighted by molar-refractivity contribution is 5.95. The molecule has 1 heterocycles. The topological polar surface area (TPSA) is 43.1 Å². The van der Waals surface area contributed by atoms with Crippen molar-refractivity contribution in [3.8, 4) is 0 Å². The fourth-order valence-electron chi connectivity index (χ4n) is 1.52. The summed E-state index contributed by atoms with van der Waals surface area (Å²) < 4.78 is 4.86. The summed E-state index contributed by atoms with van der Waals surface area (Å²) in [7, 11) is 0. The largest absolute Gasteiger partial charge is 0.353 e. The second kappa shape index (κ2) is 5.58. The highest BCUT2D eigenvalue weighted by atomic mass is 16.5. The molecule has 3 heteroatoms. The number of nitrogens with zero attached hydrogens (tertiary/aromatic N) is 1. The first-order valence-electron chi connectivity index (χ1n) is 5.24. The first-order valence-corrected chi connectivity index (χ1v) is 5.24. The van der Waals surface area contributed by atoms with E-state index in [0.717, 1.165) is 25.7 Å². The normalized spacial score (nSPS) is 12.7. The molecular formula is C11H17NO2. The molecule has 14 heavy (non-hydrogen) atoms. The van der Waals surface area contributed by atoms with Crippen LogP contribution in [0.25, 0.3) is 0 Å². The number of hydrogen-bond acceptors (Lipinski definition) is 3. The Morgan fingerprint density at radius 2 is 2.36 bits per heavy atom. The highest BCUT2D eigenvalue weighted by Crippen LogP contribution is 2.18. The quantitative estimate of drug-likeness (QED) is 0.655. The Hall–Kier alpha value is -1.12. The lowest BCUT2D eigenvalue weighted by Gasteiger charge is -2.10. The molecule has 1 unspecified atom stereocenters. The number of carbonyl (C=O) groups excluding carboxylic acids is 1. The molecule has 1 aromatic rings. The number of ketones is 1. The monoisotopic (exact) mass is 195 g/mol. The van der Waals surface area contributed by atoms with Gasteiger partial charge in [0.05, 0.1) is 6.20 Å². The summed E-state index contributed by atoms with van der Waals surface area (Å²) in [5, 5.41) is 3.54. The van der Waals surface area contributed by atoms with E-state index in [4.69, 9.17) is 4.52 Å². The average molecular weight is 195 g/mol. The van der Waals surface area contributed by atoms with Crippen molar-refractivity contribution >= 4 is 5.78 Å². The molecule has 78 valence electrons. The Bertz CT molecular complexity index is 267. The van der Waals surface area contributed by atoms with Gasteiger partial charge in [0.1, 0.15) is 0 Å². The van der Waals surface area contributed by atoms with Gasteiger partial charge in [-0.05, 0) is 12.8 Å². The van der Waals surface area contributed by atoms with E-state index in [1.54, 1.807) is 6.07 Å². The fourth-order valence-corrected chi connectivity index (χ4v) is 1.52. The highest BCUT2D eigenvalue weighted by Gasteiger charge is 2.20. The van der Waals surface area contributed by atoms with Crippen LogP contribution in [0.15, 0.2) is 16.8 Å². The number of Topliss-reactive ketones (excluding diaryl/α,β-unsaturated/α-hetero) is 1. The van der Waals surface area contributed by atoms with Crippen LogP contribution in [0.3, 0.4) is 0 Å². The van der Waals surface area contributed by atoms with E-state index < -0.39 is 0 Å². The van der Waals surface area contributed by atoms with Gasteiger partial charge in [0, 0.05) is 12.0 Å². The Morgan fingerprint density at radius 3 is 2.86 bits per heavy atom. The zero-order valence-electron chi connectivity index (χ0n) is 8.82. The van der Waals surface area contributed by atoms with Crippen LogP contribution < -0.4 is 0 Å². The number of carbonyl (C=O) groups is 1. The Labute approximate surface area is 84.5 Å². The molecule has 0 aliphatic rings. The van der Waals surface area contributed by atoms with Crippen molar-refractivity contribution < 1.29 is 9.32 Å². The maximum absolute atomic E-state index is 11.8. The van der Waals surface area contributed by atoms with Crippen LogP contribution in [0, 0.1) is 5.92 Å². The third-order valence-electron chi connectivity index (χ3n) is 2.45. The van der Waals surface area contributed by atoms with E-state index in [2.05, 4.69) is 12.1 Å². The van der Waals surface area contributed by atoms with Gasteiger partial charge in [0.15, 0.2) is 0 Å². The average Bonchev–Trinajstić information content (AvgIpc) is 2.71. The number of rotatable bonds is 6. The Morgan fingerprint density at radius 1 is 1.57 bits per heavy atom. The predicted octanol–water partition coefficient (Wildman–Crippen LogP) is 3.07. The smallest absolute Gasteiger partial charge is 0.203 e. The van der Waals surface area contributed by atoms with Crippen LogP contribution in [0.5, 0.6) is 0 Å². The van der Waals surface area contributed by atoms with Gasteiger partial charge < -0.3 is 4.52 Å². The summed E-state index contributed by atoms with van der Waals surface area (Å²) >= 11 is 0. The summed E-state index contributed by atoms with van der Waals surface area (Å²) in [5.41, 5.74) is 0. The molecule has 0 spiro atoms. The molecule has 1 aromatic heterocycles. The van der Waals surface area contributed by atoms with Gasteiger partial charge in [-0.25, -0.2) is 0 Å². The molecule has 1 rings (SSSR count). The maximum atomic E-state index is 11.8. The van der Waals surface area contributed by atoms with Gasteiger partial charge in [-0.3, -0.25) is 4.79 Å². The number of aromatic nitrogens is 1. The van der Waals surface area contributed by atoms with E-state index in [1.807, 2.05) is 6.92 Å². The molecule has 0 aliphatic carbocycles. The Balaban J connectivity index is 2.56. The van der Waals surface area contributed by atoms with Crippen LogP contribution in [-0.2, 0) is 0 Å². The molecule has 0 aliphatic heterocycles. The lowest BCUT2D eigenvalue weighted by atomic mass is 9.93. The summed E-state index contributed by atoms with van der Waals surface area (Å²) in [6.07, 6.45) is 5.56. The summed E-state index contributed by atoms with van der Waals surface area (Å²) in [6, 6.07) is 1.64. The van der Waals surface area contributed by atoms with Gasteiger partial charge in [-0.2, -0.15) is 0 Å². The van der Waals surface area contributed by atoms with Crippen molar-refractivity contribution in [2.75, 3.05) is 0 Å². The third-order valence-corrected chi connectivity index (χ3v) is 2.45. The molecule has 0 radical (unpaired) electrons. The molecule has 0 saturated carbocycles. The van der Waals surface area contributed by atoms with Gasteiger partial charge in [-0.15, -0.1) is 0 Å². The van der Waals surface area contributed by atoms with Crippen molar-refractivity contribution in [1.29, 1.82) is 0 Å². The molecule has 0 bridgehead atoms. The minimum absolute atomic E-state index is 0.0958. The van der Waals surface area contributed by atoms with E-state index >= 15 is 0 Å². The zero-order valence-corrected chi connectivity index (χ0v) is 8.82. The van der Waals surface area contributed by atoms with Crippen molar-refractivity contribution in [3.63, 3.8) is 0 Å². The second-order valence-electron chi connectivity index (χ2n) is 3.49. The van der Waals surface area contributed by atoms with Crippen LogP contribution >= 0.6 is 0 Å². The fraction of sp³-hybridized carbons (Fsp3) is 0.636. The van der Waals surface area contributed by atoms with Crippen molar-refractivity contribution in [2.24, 2.45) is 5.92 Å². The van der Waals surface area contributed by atoms with E-state index in [0.29, 0.717) is 5.76 Å². The lowest BCUT2D eigenvalue weighted by molar-refractivity contribution is 0.0870. The Kier molecular flexibility index (Phi) is 4.36. The first-order chi connectivity index (χ1) is 6.79. The molecule has 3 nitrogen and oxygen atoms in total. The summed E-state index contributed by atoms with van der Waals surface area (Å²) in [4.78, 5) is 11.8. The van der Waals surface area contributed by atoms with Crippen molar-refractivity contribution in [2.45, 2.75) is 39.5 Å². The summed E-state index contributed by atoms with van der Waals surface area (Å²) in [5.74, 6) is 0.592. The molecule has 0 fully saturated rings. The standard InChI is InChI=1S/C11H17NO2/c1-3-5-6-9(4-2)11(13)10-7-8-12-14-10/h7-9H,3-6H2,1-2H3. The predicted molar refractivity (Wildman–Crippen MR) is 54.1 cm³/mol. The lowest BCUT2D eigenvalue weighted by Crippen LogP contribution is -2.13. The van der Waals surface area contributed by atoms with Crippen LogP contribution in [0.2, 0.25) is 0 Å². The minimum atomic E-state index is 0.0958. The first kappa shape index (κ1) is 11.0. The summed E-state index contributed by atoms with van der Waals surface area (Å²) in [6.45, 7) is 4.17. The van der Waals surface area contributed by atoms with Crippen LogP contribution in [-0.4, -0.2) is 10.9 Å². The van der Waals surface area contributed by atoms with Crippen LogP contribution in [0.4, 0.5) is 0 Å². The molecule has 0 N–H and O–H groups in total. The van der Waals surface area contributed by atoms with E-state index in [9.17, 15) is 4.79 Å². The van der Waals surface area contributed by atoms with E-state index in [1.165, 1.54) is 6.20 Å². The van der Waals surface area contributed by atoms with Gasteiger partial charge in [-0.1, -0.05) is 31.8 Å². The van der Waals surface area contributed by atoms with Crippen LogP contribution in [0.1, 0.15) is 50.1 Å². The number of unbranched alkanes of at least 4 members (excludes halogenated alkanes) is 1. The van der Waals surface area contributed by atoms with Gasteiger partial charge in [0.2, 0.25) is 11.5 Å². The van der Waals surface area contributed by atoms with Gasteiger partial charge >= 0.3 is 0 Å². The second-order valence-corrected chi connectivity index (χ2v) is 3.49. The minimum Gasteiger partial charge on any atom is -0.353 e. The molecular weight excluding hydrogens is 178 g/mol.